The van der Waals surface area contributed by atoms with Crippen LogP contribution in [-0.4, -0.2) is 59.8 Å². The van der Waals surface area contributed by atoms with Crippen LogP contribution in [0.3, 0.4) is 0 Å². The third-order valence-electron chi connectivity index (χ3n) is 5.66. The number of nitrogens with zero attached hydrogens (tertiary/aromatic N) is 2. The fraction of sp³-hybridized carbons (Fsp3) is 0.423. The van der Waals surface area contributed by atoms with Crippen molar-refractivity contribution < 1.29 is 23.9 Å². The van der Waals surface area contributed by atoms with E-state index in [4.69, 9.17) is 21.9 Å². The second kappa shape index (κ2) is 17.3. The number of benzene rings is 1. The van der Waals surface area contributed by atoms with Crippen LogP contribution in [0.1, 0.15) is 32.3 Å². The molecule has 0 bridgehead atoms. The maximum absolute atomic E-state index is 13.3. The quantitative estimate of drug-likeness (QED) is 0.144. The first-order valence-electron chi connectivity index (χ1n) is 12.7. The molecule has 218 valence electrons. The zero-order valence-electron chi connectivity index (χ0n) is 22.6. The number of carbonyl (C=O) groups is 4. The largest absolute Gasteiger partial charge is 0.445 e. The van der Waals surface area contributed by atoms with Crippen molar-refractivity contribution in [1.82, 2.24) is 15.6 Å². The van der Waals surface area contributed by atoms with Crippen LogP contribution < -0.4 is 32.7 Å². The predicted molar refractivity (Wildman–Crippen MR) is 157 cm³/mol. The molecule has 0 saturated carbocycles. The Morgan fingerprint density at radius 2 is 1.75 bits per heavy atom. The van der Waals surface area contributed by atoms with Crippen molar-refractivity contribution in [1.29, 1.82) is 0 Å². The van der Waals surface area contributed by atoms with Crippen molar-refractivity contribution in [3.05, 3.63) is 54.2 Å². The number of hydrogen-bond donors (Lipinski definition) is 5. The SMILES string of the molecule is CC(C)[C@H](N)C(=O)N(c1ccc(COC(=O)NCCSSc2ccccn2)cc1)[C@@H](CCCNC(N)=O)C(N)=O. The summed E-state index contributed by atoms with van der Waals surface area (Å²) in [7, 11) is 3.10. The van der Waals surface area contributed by atoms with Crippen LogP contribution in [0.5, 0.6) is 0 Å². The van der Waals surface area contributed by atoms with Crippen LogP contribution in [0.4, 0.5) is 15.3 Å². The minimum absolute atomic E-state index is 0.0133. The normalized spacial score (nSPS) is 12.3. The summed E-state index contributed by atoms with van der Waals surface area (Å²) in [5.74, 6) is -0.668. The van der Waals surface area contributed by atoms with E-state index in [-0.39, 0.29) is 25.5 Å². The maximum Gasteiger partial charge on any atom is 0.407 e. The van der Waals surface area contributed by atoms with Gasteiger partial charge in [-0.2, -0.15) is 0 Å². The highest BCUT2D eigenvalue weighted by atomic mass is 33.1. The lowest BCUT2D eigenvalue weighted by atomic mass is 10.00. The molecular formula is C26H37N7O5S2. The fourth-order valence-electron chi connectivity index (χ4n) is 3.46. The summed E-state index contributed by atoms with van der Waals surface area (Å²) in [4.78, 5) is 54.3. The molecule has 2 rings (SSSR count). The van der Waals surface area contributed by atoms with Crippen molar-refractivity contribution in [2.24, 2.45) is 23.1 Å². The smallest absolute Gasteiger partial charge is 0.407 e. The minimum atomic E-state index is -0.992. The number of nitrogens with two attached hydrogens (primary N) is 3. The topological polar surface area (TPSA) is 196 Å². The number of anilines is 1. The predicted octanol–water partition coefficient (Wildman–Crippen LogP) is 2.37. The Labute approximate surface area is 241 Å². The number of ether oxygens (including phenoxy) is 1. The number of amides is 5. The van der Waals surface area contributed by atoms with Gasteiger partial charge in [0, 0.05) is 30.7 Å². The molecule has 0 unspecified atom stereocenters. The highest BCUT2D eigenvalue weighted by molar-refractivity contribution is 8.76. The van der Waals surface area contributed by atoms with Crippen LogP contribution in [0.2, 0.25) is 0 Å². The molecule has 0 aliphatic heterocycles. The number of urea groups is 1. The number of primary amides is 2. The molecular weight excluding hydrogens is 554 g/mol. The van der Waals surface area contributed by atoms with Gasteiger partial charge in [-0.05, 0) is 59.4 Å². The van der Waals surface area contributed by atoms with Crippen LogP contribution in [0.25, 0.3) is 0 Å². The lowest BCUT2D eigenvalue weighted by molar-refractivity contribution is -0.126. The van der Waals surface area contributed by atoms with Crippen LogP contribution in [-0.2, 0) is 20.9 Å². The number of rotatable bonds is 16. The summed E-state index contributed by atoms with van der Waals surface area (Å²) in [5, 5.41) is 6.05. The molecule has 0 saturated heterocycles. The number of nitrogens with one attached hydrogen (secondary N) is 2. The average molecular weight is 592 g/mol. The molecule has 0 fully saturated rings. The van der Waals surface area contributed by atoms with Gasteiger partial charge in [0.1, 0.15) is 17.7 Å². The van der Waals surface area contributed by atoms with Crippen molar-refractivity contribution in [2.45, 2.75) is 50.4 Å². The van der Waals surface area contributed by atoms with E-state index in [1.807, 2.05) is 18.2 Å². The van der Waals surface area contributed by atoms with E-state index < -0.39 is 36.0 Å². The standard InChI is InChI=1S/C26H37N7O5S2/c1-17(2)22(27)24(35)33(20(23(28)34)6-5-13-31-25(29)36)19-10-8-18(9-11-19)16-38-26(37)32-14-15-39-40-21-7-3-4-12-30-21/h3-4,7-12,17,20,22H,5-6,13-16,27H2,1-2H3,(H2,28,34)(H,32,37)(H3,29,31,36)/t20-,22-/m0/s1. The molecule has 2 aromatic rings. The molecule has 0 radical (unpaired) electrons. The lowest BCUT2D eigenvalue weighted by Crippen LogP contribution is -2.55. The maximum atomic E-state index is 13.3. The molecule has 14 heteroatoms. The van der Waals surface area contributed by atoms with Crippen molar-refractivity contribution in [2.75, 3.05) is 23.7 Å². The molecule has 1 heterocycles. The Balaban J connectivity index is 1.96. The molecule has 0 spiro atoms. The van der Waals surface area contributed by atoms with Gasteiger partial charge in [0.25, 0.3) is 0 Å². The Kier molecular flexibility index (Phi) is 14.1. The average Bonchev–Trinajstić information content (AvgIpc) is 2.93. The van der Waals surface area contributed by atoms with Gasteiger partial charge in [0.15, 0.2) is 0 Å². The molecule has 5 amide bonds. The number of hydrogen-bond acceptors (Lipinski definition) is 9. The summed E-state index contributed by atoms with van der Waals surface area (Å²) in [6.07, 6.45) is 1.73. The van der Waals surface area contributed by atoms with Gasteiger partial charge in [-0.25, -0.2) is 14.6 Å². The molecule has 0 aliphatic rings. The third kappa shape index (κ3) is 11.3. The number of pyridine rings is 1. The van der Waals surface area contributed by atoms with Crippen molar-refractivity contribution in [3.8, 4) is 0 Å². The van der Waals surface area contributed by atoms with Gasteiger partial charge in [-0.3, -0.25) is 14.5 Å². The third-order valence-corrected chi connectivity index (χ3v) is 7.92. The molecule has 0 aliphatic carbocycles. The van der Waals surface area contributed by atoms with E-state index in [0.717, 1.165) is 5.03 Å². The Morgan fingerprint density at radius 1 is 1.02 bits per heavy atom. The van der Waals surface area contributed by atoms with Crippen LogP contribution >= 0.6 is 21.6 Å². The van der Waals surface area contributed by atoms with Gasteiger partial charge in [0.2, 0.25) is 11.8 Å². The fourth-order valence-corrected chi connectivity index (χ4v) is 5.24. The van der Waals surface area contributed by atoms with E-state index >= 15 is 0 Å². The van der Waals surface area contributed by atoms with E-state index in [9.17, 15) is 19.2 Å². The summed E-state index contributed by atoms with van der Waals surface area (Å²) in [6.45, 7) is 4.27. The molecule has 12 nitrogen and oxygen atoms in total. The van der Waals surface area contributed by atoms with Gasteiger partial charge < -0.3 is 32.6 Å². The van der Waals surface area contributed by atoms with E-state index in [1.165, 1.54) is 15.7 Å². The lowest BCUT2D eigenvalue weighted by Gasteiger charge is -2.33. The first kappa shape index (κ1) is 32.7. The number of carbonyl (C=O) groups excluding carboxylic acids is 4. The zero-order valence-corrected chi connectivity index (χ0v) is 24.2. The van der Waals surface area contributed by atoms with Crippen molar-refractivity contribution in [3.63, 3.8) is 0 Å². The van der Waals surface area contributed by atoms with Gasteiger partial charge >= 0.3 is 12.1 Å². The summed E-state index contributed by atoms with van der Waals surface area (Å²) < 4.78 is 5.28. The Bertz CT molecular complexity index is 1110. The van der Waals surface area contributed by atoms with E-state index in [0.29, 0.717) is 30.0 Å². The molecule has 8 N–H and O–H groups in total. The second-order valence-corrected chi connectivity index (χ2v) is 11.5. The number of alkyl carbamates (subject to hydrolysis) is 1. The molecule has 40 heavy (non-hydrogen) atoms. The highest BCUT2D eigenvalue weighted by Gasteiger charge is 2.33. The van der Waals surface area contributed by atoms with Crippen LogP contribution in [0, 0.1) is 5.92 Å². The second-order valence-electron chi connectivity index (χ2n) is 9.07. The van der Waals surface area contributed by atoms with Gasteiger partial charge in [0.05, 0.1) is 6.04 Å². The molecule has 1 aromatic carbocycles. The Morgan fingerprint density at radius 3 is 2.35 bits per heavy atom. The van der Waals surface area contributed by atoms with E-state index in [1.54, 1.807) is 55.1 Å². The van der Waals surface area contributed by atoms with Gasteiger partial charge in [-0.15, -0.1) is 0 Å². The molecule has 1 aromatic heterocycles. The van der Waals surface area contributed by atoms with E-state index in [2.05, 4.69) is 15.6 Å². The van der Waals surface area contributed by atoms with Crippen LogP contribution in [0.15, 0.2) is 53.7 Å². The first-order chi connectivity index (χ1) is 19.1. The monoisotopic (exact) mass is 591 g/mol. The summed E-state index contributed by atoms with van der Waals surface area (Å²) in [5.41, 5.74) is 18.0. The zero-order chi connectivity index (χ0) is 29.5. The Hall–Kier alpha value is -3.49. The molecule has 2 atom stereocenters. The minimum Gasteiger partial charge on any atom is -0.445 e. The summed E-state index contributed by atoms with van der Waals surface area (Å²) >= 11 is 0. The number of aromatic nitrogens is 1. The highest BCUT2D eigenvalue weighted by Crippen LogP contribution is 2.28. The summed E-state index contributed by atoms with van der Waals surface area (Å²) in [6, 6.07) is 9.81. The van der Waals surface area contributed by atoms with Gasteiger partial charge in [-0.1, -0.05) is 42.8 Å². The van der Waals surface area contributed by atoms with Crippen molar-refractivity contribution >= 4 is 51.2 Å². The first-order valence-corrected chi connectivity index (χ1v) is 15.0.